The maximum absolute atomic E-state index is 12.7. The Balaban J connectivity index is 2.09. The van der Waals surface area contributed by atoms with Crippen LogP contribution < -0.4 is 5.32 Å². The van der Waals surface area contributed by atoms with Crippen molar-refractivity contribution in [2.24, 2.45) is 5.92 Å². The first kappa shape index (κ1) is 19.5. The Labute approximate surface area is 153 Å². The maximum Gasteiger partial charge on any atom is 0.244 e. The molecule has 1 amide bonds. The van der Waals surface area contributed by atoms with Crippen molar-refractivity contribution in [1.29, 1.82) is 0 Å². The molecular formula is C16H22Cl2N2O3S. The lowest BCUT2D eigenvalue weighted by molar-refractivity contribution is -0.127. The second kappa shape index (κ2) is 7.20. The SMILES string of the molecule is CC(C)(C)NC(=O)C1CCN(S(=O)(=O)c2cc(Cl)ccc2Cl)CC1. The van der Waals surface area contributed by atoms with Crippen LogP contribution in [0.1, 0.15) is 33.6 Å². The Hall–Kier alpha value is -0.820. The fraction of sp³-hybridized carbons (Fsp3) is 0.562. The molecule has 0 radical (unpaired) electrons. The van der Waals surface area contributed by atoms with E-state index in [1.165, 1.54) is 16.4 Å². The van der Waals surface area contributed by atoms with Crippen LogP contribution in [0.2, 0.25) is 10.0 Å². The van der Waals surface area contributed by atoms with E-state index in [0.29, 0.717) is 17.9 Å². The van der Waals surface area contributed by atoms with E-state index in [1.807, 2.05) is 20.8 Å². The quantitative estimate of drug-likeness (QED) is 0.857. The number of nitrogens with one attached hydrogen (secondary N) is 1. The van der Waals surface area contributed by atoms with Gasteiger partial charge in [0.25, 0.3) is 0 Å². The van der Waals surface area contributed by atoms with Crippen molar-refractivity contribution in [3.63, 3.8) is 0 Å². The number of carbonyl (C=O) groups excluding carboxylic acids is 1. The molecular weight excluding hydrogens is 371 g/mol. The summed E-state index contributed by atoms with van der Waals surface area (Å²) in [5.74, 6) is -0.203. The summed E-state index contributed by atoms with van der Waals surface area (Å²) in [7, 11) is -3.71. The van der Waals surface area contributed by atoms with Crippen LogP contribution in [0.25, 0.3) is 0 Å². The molecule has 0 saturated carbocycles. The molecule has 134 valence electrons. The zero-order valence-electron chi connectivity index (χ0n) is 14.0. The first-order chi connectivity index (χ1) is 11.0. The summed E-state index contributed by atoms with van der Waals surface area (Å²) in [6.45, 7) is 6.34. The van der Waals surface area contributed by atoms with Gasteiger partial charge in [-0.1, -0.05) is 23.2 Å². The average Bonchev–Trinajstić information content (AvgIpc) is 2.48. The molecule has 1 heterocycles. The lowest BCUT2D eigenvalue weighted by Gasteiger charge is -2.32. The van der Waals surface area contributed by atoms with E-state index in [0.717, 1.165) is 0 Å². The number of hydrogen-bond donors (Lipinski definition) is 1. The molecule has 1 saturated heterocycles. The predicted molar refractivity (Wildman–Crippen MR) is 95.8 cm³/mol. The third kappa shape index (κ3) is 4.63. The summed E-state index contributed by atoms with van der Waals surface area (Å²) in [5, 5.41) is 3.41. The summed E-state index contributed by atoms with van der Waals surface area (Å²) in [6.07, 6.45) is 0.971. The van der Waals surface area contributed by atoms with Gasteiger partial charge in [-0.3, -0.25) is 4.79 Å². The molecule has 24 heavy (non-hydrogen) atoms. The lowest BCUT2D eigenvalue weighted by atomic mass is 9.96. The highest BCUT2D eigenvalue weighted by Gasteiger charge is 2.34. The smallest absolute Gasteiger partial charge is 0.244 e. The molecule has 0 unspecified atom stereocenters. The van der Waals surface area contributed by atoms with Crippen molar-refractivity contribution < 1.29 is 13.2 Å². The average molecular weight is 393 g/mol. The van der Waals surface area contributed by atoms with Crippen molar-refractivity contribution >= 4 is 39.1 Å². The van der Waals surface area contributed by atoms with E-state index in [2.05, 4.69) is 5.32 Å². The summed E-state index contributed by atoms with van der Waals surface area (Å²) in [4.78, 5) is 12.2. The third-order valence-corrected chi connectivity index (χ3v) is 6.45. The van der Waals surface area contributed by atoms with Gasteiger partial charge in [0.05, 0.1) is 5.02 Å². The summed E-state index contributed by atoms with van der Waals surface area (Å²) >= 11 is 11.9. The van der Waals surface area contributed by atoms with Crippen LogP contribution in [0, 0.1) is 5.92 Å². The molecule has 2 rings (SSSR count). The first-order valence-electron chi connectivity index (χ1n) is 7.78. The summed E-state index contributed by atoms with van der Waals surface area (Å²) in [6, 6.07) is 4.38. The van der Waals surface area contributed by atoms with E-state index in [9.17, 15) is 13.2 Å². The number of nitrogens with zero attached hydrogens (tertiary/aromatic N) is 1. The highest BCUT2D eigenvalue weighted by atomic mass is 35.5. The van der Waals surface area contributed by atoms with Gasteiger partial charge in [0.15, 0.2) is 0 Å². The second-order valence-electron chi connectivity index (χ2n) is 6.99. The topological polar surface area (TPSA) is 66.5 Å². The van der Waals surface area contributed by atoms with Crippen molar-refractivity contribution in [3.8, 4) is 0 Å². The van der Waals surface area contributed by atoms with Gasteiger partial charge in [-0.25, -0.2) is 8.42 Å². The van der Waals surface area contributed by atoms with Crippen molar-refractivity contribution in [2.45, 2.75) is 44.0 Å². The fourth-order valence-electron chi connectivity index (χ4n) is 2.64. The Kier molecular flexibility index (Phi) is 5.85. The zero-order chi connectivity index (χ0) is 18.1. The Morgan fingerprint density at radius 2 is 1.79 bits per heavy atom. The number of halogens is 2. The molecule has 1 fully saturated rings. The summed E-state index contributed by atoms with van der Waals surface area (Å²) in [5.41, 5.74) is -0.297. The van der Waals surface area contributed by atoms with Crippen molar-refractivity contribution in [3.05, 3.63) is 28.2 Å². The standard InChI is InChI=1S/C16H22Cl2N2O3S/c1-16(2,3)19-15(21)11-6-8-20(9-7-11)24(22,23)14-10-12(17)4-5-13(14)18/h4-5,10-11H,6-9H2,1-3H3,(H,19,21). The van der Waals surface area contributed by atoms with Crippen LogP contribution in [0.15, 0.2) is 23.1 Å². The minimum absolute atomic E-state index is 0.00857. The molecule has 0 aliphatic carbocycles. The number of benzene rings is 1. The Bertz CT molecular complexity index is 721. The number of amides is 1. The third-order valence-electron chi connectivity index (χ3n) is 3.83. The number of rotatable bonds is 3. The zero-order valence-corrected chi connectivity index (χ0v) is 16.3. The van der Waals surface area contributed by atoms with Crippen LogP contribution in [-0.2, 0) is 14.8 Å². The van der Waals surface area contributed by atoms with Gasteiger partial charge in [-0.05, 0) is 51.8 Å². The van der Waals surface area contributed by atoms with Gasteiger partial charge in [-0.2, -0.15) is 4.31 Å². The monoisotopic (exact) mass is 392 g/mol. The van der Waals surface area contributed by atoms with Gasteiger partial charge in [0, 0.05) is 29.6 Å². The second-order valence-corrected chi connectivity index (χ2v) is 9.74. The normalized spacial score (nSPS) is 17.7. The van der Waals surface area contributed by atoms with Gasteiger partial charge in [0.1, 0.15) is 4.90 Å². The summed E-state index contributed by atoms with van der Waals surface area (Å²) < 4.78 is 26.9. The van der Waals surface area contributed by atoms with Crippen LogP contribution in [0.3, 0.4) is 0 Å². The number of hydrogen-bond acceptors (Lipinski definition) is 3. The minimum atomic E-state index is -3.71. The molecule has 1 aromatic rings. The molecule has 0 spiro atoms. The van der Waals surface area contributed by atoms with E-state index in [4.69, 9.17) is 23.2 Å². The highest BCUT2D eigenvalue weighted by Crippen LogP contribution is 2.30. The van der Waals surface area contributed by atoms with Crippen LogP contribution in [0.4, 0.5) is 0 Å². The molecule has 1 aliphatic rings. The molecule has 0 aromatic heterocycles. The molecule has 1 N–H and O–H groups in total. The molecule has 5 nitrogen and oxygen atoms in total. The van der Waals surface area contributed by atoms with Gasteiger partial charge in [0.2, 0.25) is 15.9 Å². The number of piperidine rings is 1. The van der Waals surface area contributed by atoms with E-state index >= 15 is 0 Å². The molecule has 8 heteroatoms. The highest BCUT2D eigenvalue weighted by molar-refractivity contribution is 7.89. The molecule has 1 aliphatic heterocycles. The maximum atomic E-state index is 12.7. The van der Waals surface area contributed by atoms with Gasteiger partial charge >= 0.3 is 0 Å². The van der Waals surface area contributed by atoms with E-state index < -0.39 is 10.0 Å². The van der Waals surface area contributed by atoms with Crippen LogP contribution >= 0.6 is 23.2 Å². The largest absolute Gasteiger partial charge is 0.351 e. The minimum Gasteiger partial charge on any atom is -0.351 e. The van der Waals surface area contributed by atoms with E-state index in [1.54, 1.807) is 6.07 Å². The van der Waals surface area contributed by atoms with Crippen LogP contribution in [0.5, 0.6) is 0 Å². The Morgan fingerprint density at radius 1 is 1.21 bits per heavy atom. The lowest BCUT2D eigenvalue weighted by Crippen LogP contribution is -2.47. The molecule has 0 bridgehead atoms. The molecule has 0 atom stereocenters. The molecule has 1 aromatic carbocycles. The van der Waals surface area contributed by atoms with Gasteiger partial charge in [-0.15, -0.1) is 0 Å². The van der Waals surface area contributed by atoms with Crippen molar-refractivity contribution in [2.75, 3.05) is 13.1 Å². The van der Waals surface area contributed by atoms with Crippen molar-refractivity contribution in [1.82, 2.24) is 9.62 Å². The Morgan fingerprint density at radius 3 is 2.33 bits per heavy atom. The number of carbonyl (C=O) groups is 1. The van der Waals surface area contributed by atoms with E-state index in [-0.39, 0.29) is 40.4 Å². The fourth-order valence-corrected chi connectivity index (χ4v) is 4.85. The predicted octanol–water partition coefficient (Wildman–Crippen LogP) is 3.31. The van der Waals surface area contributed by atoms with Gasteiger partial charge < -0.3 is 5.32 Å². The first-order valence-corrected chi connectivity index (χ1v) is 9.97. The van der Waals surface area contributed by atoms with Crippen LogP contribution in [-0.4, -0.2) is 37.3 Å². The number of sulfonamides is 1.